The quantitative estimate of drug-likeness (QED) is 0.300. The maximum absolute atomic E-state index is 12.9. The largest absolute Gasteiger partial charge is 0.492 e. The Balaban J connectivity index is 1.41. The smallest absolute Gasteiger partial charge is 0.261 e. The number of nitrogens with one attached hydrogen (secondary N) is 2. The number of hydrogen-bond donors (Lipinski definition) is 2. The fraction of sp³-hybridized carbons (Fsp3) is 0.0769. The summed E-state index contributed by atoms with van der Waals surface area (Å²) >= 11 is 8.80. The van der Waals surface area contributed by atoms with Gasteiger partial charge in [-0.25, -0.2) is 0 Å². The number of carbonyl (C=O) groups excluding carboxylic acids is 1. The molecule has 0 aromatic heterocycles. The van der Waals surface area contributed by atoms with Crippen molar-refractivity contribution in [1.82, 2.24) is 5.32 Å². The number of amides is 1. The molecule has 160 valence electrons. The minimum Gasteiger partial charge on any atom is -0.492 e. The minimum atomic E-state index is -0.334. The maximum Gasteiger partial charge on any atom is 0.261 e. The predicted octanol–water partition coefficient (Wildman–Crippen LogP) is 6.35. The van der Waals surface area contributed by atoms with Gasteiger partial charge in [-0.15, -0.1) is 0 Å². The molecule has 6 heteroatoms. The van der Waals surface area contributed by atoms with Gasteiger partial charge in [0.1, 0.15) is 5.75 Å². The molecule has 4 nitrogen and oxygen atoms in total. The summed E-state index contributed by atoms with van der Waals surface area (Å²) in [5, 5.41) is 8.28. The molecule has 0 fully saturated rings. The molecule has 4 aromatic rings. The Morgan fingerprint density at radius 3 is 2.44 bits per heavy atom. The second-order valence-electron chi connectivity index (χ2n) is 7.19. The van der Waals surface area contributed by atoms with E-state index in [0.29, 0.717) is 17.9 Å². The molecular weight excluding hydrogens is 484 g/mol. The van der Waals surface area contributed by atoms with Crippen LogP contribution < -0.4 is 15.4 Å². The number of hydrogen-bond acceptors (Lipinski definition) is 3. The van der Waals surface area contributed by atoms with Crippen LogP contribution in [0.1, 0.15) is 15.9 Å². The molecular formula is C26H21BrN2O2S. The van der Waals surface area contributed by atoms with E-state index in [-0.39, 0.29) is 11.0 Å². The van der Waals surface area contributed by atoms with Crippen molar-refractivity contribution >= 4 is 55.6 Å². The van der Waals surface area contributed by atoms with Crippen LogP contribution in [0.5, 0.6) is 5.75 Å². The van der Waals surface area contributed by atoms with Gasteiger partial charge in [0.2, 0.25) is 0 Å². The zero-order chi connectivity index (χ0) is 22.3. The SMILES string of the molecule is O=C(NC(=S)Nc1ccc2ccccc2c1)c1cc(Br)ccc1OCCc1ccccc1. The second-order valence-corrected chi connectivity index (χ2v) is 8.52. The number of carbonyl (C=O) groups is 1. The Kier molecular flexibility index (Phi) is 7.14. The first-order valence-corrected chi connectivity index (χ1v) is 11.4. The Morgan fingerprint density at radius 1 is 0.875 bits per heavy atom. The topological polar surface area (TPSA) is 50.4 Å². The van der Waals surface area contributed by atoms with Gasteiger partial charge >= 0.3 is 0 Å². The average molecular weight is 505 g/mol. The number of thiocarbonyl (C=S) groups is 1. The van der Waals surface area contributed by atoms with E-state index in [1.165, 1.54) is 5.56 Å². The van der Waals surface area contributed by atoms with Crippen LogP contribution >= 0.6 is 28.1 Å². The number of rotatable bonds is 6. The first-order valence-electron chi connectivity index (χ1n) is 10.2. The summed E-state index contributed by atoms with van der Waals surface area (Å²) in [6, 6.07) is 29.4. The van der Waals surface area contributed by atoms with Crippen molar-refractivity contribution in [2.75, 3.05) is 11.9 Å². The maximum atomic E-state index is 12.9. The summed E-state index contributed by atoms with van der Waals surface area (Å²) in [4.78, 5) is 12.9. The Hall–Kier alpha value is -3.22. The third-order valence-electron chi connectivity index (χ3n) is 4.91. The number of fused-ring (bicyclic) bond motifs is 1. The lowest BCUT2D eigenvalue weighted by molar-refractivity contribution is 0.0973. The average Bonchev–Trinajstić information content (AvgIpc) is 2.80. The summed E-state index contributed by atoms with van der Waals surface area (Å²) < 4.78 is 6.70. The van der Waals surface area contributed by atoms with E-state index in [1.807, 2.05) is 66.7 Å². The van der Waals surface area contributed by atoms with Crippen LogP contribution in [0.25, 0.3) is 10.8 Å². The van der Waals surface area contributed by atoms with Gasteiger partial charge in [-0.3, -0.25) is 10.1 Å². The van der Waals surface area contributed by atoms with Gasteiger partial charge in [-0.1, -0.05) is 76.6 Å². The molecule has 32 heavy (non-hydrogen) atoms. The van der Waals surface area contributed by atoms with Crippen LogP contribution in [0.4, 0.5) is 5.69 Å². The number of benzene rings is 4. The fourth-order valence-electron chi connectivity index (χ4n) is 3.33. The third-order valence-corrected chi connectivity index (χ3v) is 5.61. The first kappa shape index (κ1) is 22.0. The second kappa shape index (κ2) is 10.4. The van der Waals surface area contributed by atoms with Crippen molar-refractivity contribution in [3.63, 3.8) is 0 Å². The van der Waals surface area contributed by atoms with E-state index in [9.17, 15) is 4.79 Å². The normalized spacial score (nSPS) is 10.5. The van der Waals surface area contributed by atoms with Crippen LogP contribution in [0, 0.1) is 0 Å². The van der Waals surface area contributed by atoms with Gasteiger partial charge in [0.05, 0.1) is 12.2 Å². The van der Waals surface area contributed by atoms with Crippen molar-refractivity contribution in [3.05, 3.63) is 107 Å². The monoisotopic (exact) mass is 504 g/mol. The Labute approximate surface area is 200 Å². The molecule has 0 saturated carbocycles. The molecule has 0 radical (unpaired) electrons. The molecule has 0 atom stereocenters. The molecule has 0 bridgehead atoms. The zero-order valence-corrected chi connectivity index (χ0v) is 19.6. The van der Waals surface area contributed by atoms with Gasteiger partial charge in [0.15, 0.2) is 5.11 Å². The highest BCUT2D eigenvalue weighted by molar-refractivity contribution is 9.10. The van der Waals surface area contributed by atoms with Crippen LogP contribution in [-0.2, 0) is 6.42 Å². The lowest BCUT2D eigenvalue weighted by Gasteiger charge is -2.14. The van der Waals surface area contributed by atoms with E-state index < -0.39 is 0 Å². The molecule has 0 aliphatic heterocycles. The lowest BCUT2D eigenvalue weighted by atomic mass is 10.1. The van der Waals surface area contributed by atoms with Crippen LogP contribution in [0.15, 0.2) is 95.5 Å². The highest BCUT2D eigenvalue weighted by Gasteiger charge is 2.15. The van der Waals surface area contributed by atoms with E-state index in [1.54, 1.807) is 12.1 Å². The van der Waals surface area contributed by atoms with E-state index in [0.717, 1.165) is 27.4 Å². The molecule has 0 heterocycles. The Morgan fingerprint density at radius 2 is 1.62 bits per heavy atom. The third kappa shape index (κ3) is 5.72. The summed E-state index contributed by atoms with van der Waals surface area (Å²) in [7, 11) is 0. The Bertz CT molecular complexity index is 1260. The van der Waals surface area contributed by atoms with Crippen LogP contribution in [0.2, 0.25) is 0 Å². The van der Waals surface area contributed by atoms with Gasteiger partial charge in [-0.2, -0.15) is 0 Å². The van der Waals surface area contributed by atoms with Gasteiger partial charge < -0.3 is 10.1 Å². The molecule has 1 amide bonds. The molecule has 0 unspecified atom stereocenters. The van der Waals surface area contributed by atoms with Crippen molar-refractivity contribution < 1.29 is 9.53 Å². The van der Waals surface area contributed by atoms with Gasteiger partial charge in [0, 0.05) is 16.6 Å². The van der Waals surface area contributed by atoms with Crippen molar-refractivity contribution in [3.8, 4) is 5.75 Å². The number of halogens is 1. The fourth-order valence-corrected chi connectivity index (χ4v) is 3.90. The summed E-state index contributed by atoms with van der Waals surface area (Å²) in [6.07, 6.45) is 0.750. The predicted molar refractivity (Wildman–Crippen MR) is 137 cm³/mol. The van der Waals surface area contributed by atoms with Crippen molar-refractivity contribution in [1.29, 1.82) is 0 Å². The summed E-state index contributed by atoms with van der Waals surface area (Å²) in [6.45, 7) is 0.464. The highest BCUT2D eigenvalue weighted by atomic mass is 79.9. The molecule has 4 rings (SSSR count). The van der Waals surface area contributed by atoms with E-state index in [4.69, 9.17) is 17.0 Å². The van der Waals surface area contributed by atoms with E-state index in [2.05, 4.69) is 38.7 Å². The van der Waals surface area contributed by atoms with Crippen LogP contribution in [0.3, 0.4) is 0 Å². The standard InChI is InChI=1S/C26H21BrN2O2S/c27-21-11-13-24(31-15-14-18-6-2-1-3-7-18)23(17-21)25(30)29-26(32)28-22-12-10-19-8-4-5-9-20(19)16-22/h1-13,16-17H,14-15H2,(H2,28,29,30,32). The highest BCUT2D eigenvalue weighted by Crippen LogP contribution is 2.24. The van der Waals surface area contributed by atoms with Crippen molar-refractivity contribution in [2.45, 2.75) is 6.42 Å². The number of ether oxygens (including phenoxy) is 1. The minimum absolute atomic E-state index is 0.223. The first-order chi connectivity index (χ1) is 15.6. The van der Waals surface area contributed by atoms with E-state index >= 15 is 0 Å². The molecule has 0 saturated heterocycles. The van der Waals surface area contributed by atoms with Crippen LogP contribution in [-0.4, -0.2) is 17.6 Å². The van der Waals surface area contributed by atoms with Gasteiger partial charge in [0.25, 0.3) is 5.91 Å². The summed E-state index contributed by atoms with van der Waals surface area (Å²) in [5.41, 5.74) is 2.40. The zero-order valence-electron chi connectivity index (χ0n) is 17.2. The molecule has 2 N–H and O–H groups in total. The van der Waals surface area contributed by atoms with Gasteiger partial charge in [-0.05, 0) is 58.9 Å². The molecule has 0 aliphatic rings. The molecule has 4 aromatic carbocycles. The number of anilines is 1. The lowest BCUT2D eigenvalue weighted by Crippen LogP contribution is -2.34. The van der Waals surface area contributed by atoms with Crippen molar-refractivity contribution in [2.24, 2.45) is 0 Å². The summed E-state index contributed by atoms with van der Waals surface area (Å²) in [5.74, 6) is 0.175. The molecule has 0 spiro atoms. The molecule has 0 aliphatic carbocycles.